The van der Waals surface area contributed by atoms with Crippen molar-refractivity contribution in [3.05, 3.63) is 34.4 Å². The largest absolute Gasteiger partial charge is 0.270 e. The van der Waals surface area contributed by atoms with Crippen molar-refractivity contribution in [2.45, 2.75) is 31.2 Å². The van der Waals surface area contributed by atoms with E-state index in [0.29, 0.717) is 0 Å². The Morgan fingerprint density at radius 3 is 2.54 bits per heavy atom. The maximum Gasteiger partial charge on any atom is 0.270 e. The lowest BCUT2D eigenvalue weighted by molar-refractivity contribution is -0.385. The molecule has 134 valence electrons. The Morgan fingerprint density at radius 1 is 1.38 bits per heavy atom. The average molecular weight is 376 g/mol. The van der Waals surface area contributed by atoms with Gasteiger partial charge in [0.15, 0.2) is 9.84 Å². The smallest absolute Gasteiger partial charge is 0.258 e. The minimum absolute atomic E-state index is 0.0122. The van der Waals surface area contributed by atoms with Gasteiger partial charge in [0.05, 0.1) is 21.3 Å². The van der Waals surface area contributed by atoms with Gasteiger partial charge in [-0.2, -0.15) is 4.31 Å². The maximum absolute atomic E-state index is 12.9. The Kier molecular flexibility index (Phi) is 5.31. The lowest BCUT2D eigenvalue weighted by Gasteiger charge is -2.28. The highest BCUT2D eigenvalue weighted by molar-refractivity contribution is 7.92. The molecule has 1 aliphatic heterocycles. The zero-order valence-corrected chi connectivity index (χ0v) is 15.1. The fourth-order valence-corrected chi connectivity index (χ4v) is 6.38. The molecular formula is C14H20N2O6S2. The van der Waals surface area contributed by atoms with Crippen LogP contribution in [-0.4, -0.2) is 50.2 Å². The Labute approximate surface area is 141 Å². The third kappa shape index (κ3) is 4.11. The summed E-state index contributed by atoms with van der Waals surface area (Å²) in [5, 5.41) is 10.9. The molecule has 1 aliphatic rings. The molecule has 0 amide bonds. The first-order valence-corrected chi connectivity index (χ1v) is 10.8. The van der Waals surface area contributed by atoms with Crippen molar-refractivity contribution >= 4 is 25.5 Å². The second-order valence-corrected chi connectivity index (χ2v) is 10.4. The highest BCUT2D eigenvalue weighted by Gasteiger charge is 2.39. The molecule has 1 aromatic rings. The molecule has 24 heavy (non-hydrogen) atoms. The number of nitrogens with zero attached hydrogens (tertiary/aromatic N) is 2. The van der Waals surface area contributed by atoms with E-state index in [1.54, 1.807) is 0 Å². The van der Waals surface area contributed by atoms with Gasteiger partial charge in [-0.15, -0.1) is 0 Å². The molecule has 0 saturated carbocycles. The normalized spacial score (nSPS) is 20.6. The van der Waals surface area contributed by atoms with E-state index >= 15 is 0 Å². The molecule has 1 heterocycles. The number of non-ortho nitro benzene ring substituents is 1. The number of nitro benzene ring substituents is 1. The summed E-state index contributed by atoms with van der Waals surface area (Å²) in [4.78, 5) is 10.0. The van der Waals surface area contributed by atoms with Gasteiger partial charge in [0.1, 0.15) is 0 Å². The maximum atomic E-state index is 12.9. The molecule has 1 atom stereocenters. The number of hydrogen-bond acceptors (Lipinski definition) is 6. The van der Waals surface area contributed by atoms with Crippen LogP contribution in [0.15, 0.2) is 29.2 Å². The summed E-state index contributed by atoms with van der Waals surface area (Å²) in [6, 6.07) is 4.18. The highest BCUT2D eigenvalue weighted by atomic mass is 32.2. The third-order valence-corrected chi connectivity index (χ3v) is 7.46. The number of nitro groups is 1. The van der Waals surface area contributed by atoms with Crippen molar-refractivity contribution in [3.8, 4) is 0 Å². The van der Waals surface area contributed by atoms with Gasteiger partial charge in [0, 0.05) is 24.7 Å². The van der Waals surface area contributed by atoms with Crippen molar-refractivity contribution in [1.82, 2.24) is 4.31 Å². The number of benzene rings is 1. The molecule has 0 spiro atoms. The van der Waals surface area contributed by atoms with Gasteiger partial charge < -0.3 is 0 Å². The minimum atomic E-state index is -4.02. The van der Waals surface area contributed by atoms with Crippen LogP contribution in [0.1, 0.15) is 20.3 Å². The fourth-order valence-electron chi connectivity index (χ4n) is 2.70. The molecular weight excluding hydrogens is 356 g/mol. The number of sulfonamides is 1. The average Bonchev–Trinajstić information content (AvgIpc) is 2.84. The molecule has 10 heteroatoms. The standard InChI is InChI=1S/C14H20N2O6S2/c1-11(2)9-15(13-6-7-23(19,20)10-13)24(21,22)14-5-3-4-12(8-14)16(17)18/h3-5,8,11,13H,6-7,9-10H2,1-2H3/t13-/m1/s1. The molecule has 0 N–H and O–H groups in total. The second-order valence-electron chi connectivity index (χ2n) is 6.28. The van der Waals surface area contributed by atoms with E-state index in [-0.39, 0.29) is 41.0 Å². The second kappa shape index (κ2) is 6.77. The van der Waals surface area contributed by atoms with E-state index in [2.05, 4.69) is 0 Å². The predicted octanol–water partition coefficient (Wildman–Crippen LogP) is 1.43. The van der Waals surface area contributed by atoms with Gasteiger partial charge in [0.25, 0.3) is 5.69 Å². The molecule has 8 nitrogen and oxygen atoms in total. The monoisotopic (exact) mass is 376 g/mol. The molecule has 1 saturated heterocycles. The third-order valence-electron chi connectivity index (χ3n) is 3.80. The molecule has 0 aliphatic carbocycles. The first-order chi connectivity index (χ1) is 11.0. The van der Waals surface area contributed by atoms with E-state index in [1.807, 2.05) is 13.8 Å². The van der Waals surface area contributed by atoms with Gasteiger partial charge in [-0.05, 0) is 18.4 Å². The van der Waals surface area contributed by atoms with Crippen molar-refractivity contribution in [2.75, 3.05) is 18.1 Å². The molecule has 1 fully saturated rings. The van der Waals surface area contributed by atoms with E-state index in [4.69, 9.17) is 0 Å². The van der Waals surface area contributed by atoms with Crippen molar-refractivity contribution < 1.29 is 21.8 Å². The summed E-state index contributed by atoms with van der Waals surface area (Å²) in [5.41, 5.74) is -0.320. The van der Waals surface area contributed by atoms with Gasteiger partial charge in [-0.1, -0.05) is 19.9 Å². The first kappa shape index (κ1) is 18.8. The van der Waals surface area contributed by atoms with E-state index in [0.717, 1.165) is 6.07 Å². The van der Waals surface area contributed by atoms with Crippen LogP contribution in [-0.2, 0) is 19.9 Å². The first-order valence-electron chi connectivity index (χ1n) is 7.49. The summed E-state index contributed by atoms with van der Waals surface area (Å²) in [6.45, 7) is 3.82. The zero-order valence-electron chi connectivity index (χ0n) is 13.5. The molecule has 1 aromatic carbocycles. The SMILES string of the molecule is CC(C)CN([C@@H]1CCS(=O)(=O)C1)S(=O)(=O)c1cccc([N+](=O)[O-])c1. The minimum Gasteiger partial charge on any atom is -0.258 e. The van der Waals surface area contributed by atoms with Crippen LogP contribution in [0.2, 0.25) is 0 Å². The van der Waals surface area contributed by atoms with Crippen LogP contribution < -0.4 is 0 Å². The summed E-state index contributed by atoms with van der Waals surface area (Å²) in [5.74, 6) is -0.272. The Balaban J connectivity index is 2.44. The van der Waals surface area contributed by atoms with Crippen LogP contribution in [0.25, 0.3) is 0 Å². The number of rotatable bonds is 6. The van der Waals surface area contributed by atoms with Crippen LogP contribution in [0.4, 0.5) is 5.69 Å². The highest BCUT2D eigenvalue weighted by Crippen LogP contribution is 2.27. The Hall–Kier alpha value is -1.52. The molecule has 0 unspecified atom stereocenters. The quantitative estimate of drug-likeness (QED) is 0.548. The van der Waals surface area contributed by atoms with Crippen molar-refractivity contribution in [2.24, 2.45) is 5.92 Å². The van der Waals surface area contributed by atoms with Gasteiger partial charge >= 0.3 is 0 Å². The van der Waals surface area contributed by atoms with Crippen LogP contribution >= 0.6 is 0 Å². The molecule has 0 bridgehead atoms. The molecule has 2 rings (SSSR count). The Morgan fingerprint density at radius 2 is 2.04 bits per heavy atom. The topological polar surface area (TPSA) is 115 Å². The van der Waals surface area contributed by atoms with Crippen LogP contribution in [0, 0.1) is 16.0 Å². The van der Waals surface area contributed by atoms with E-state index < -0.39 is 30.8 Å². The molecule has 0 aromatic heterocycles. The Bertz CT molecular complexity index is 833. The van der Waals surface area contributed by atoms with Gasteiger partial charge in [-0.3, -0.25) is 10.1 Å². The summed E-state index contributed by atoms with van der Waals surface area (Å²) in [6.07, 6.45) is 0.239. The van der Waals surface area contributed by atoms with Crippen molar-refractivity contribution in [3.63, 3.8) is 0 Å². The molecule has 0 radical (unpaired) electrons. The van der Waals surface area contributed by atoms with Crippen molar-refractivity contribution in [1.29, 1.82) is 0 Å². The van der Waals surface area contributed by atoms with Crippen LogP contribution in [0.3, 0.4) is 0 Å². The summed E-state index contributed by atoms with van der Waals surface area (Å²) in [7, 11) is -7.28. The number of sulfone groups is 1. The van der Waals surface area contributed by atoms with E-state index in [9.17, 15) is 26.9 Å². The van der Waals surface area contributed by atoms with Crippen LogP contribution in [0.5, 0.6) is 0 Å². The lowest BCUT2D eigenvalue weighted by Crippen LogP contribution is -2.43. The lowest BCUT2D eigenvalue weighted by atomic mass is 10.2. The fraction of sp³-hybridized carbons (Fsp3) is 0.571. The van der Waals surface area contributed by atoms with Gasteiger partial charge in [-0.25, -0.2) is 16.8 Å². The summed E-state index contributed by atoms with van der Waals surface area (Å²) < 4.78 is 50.5. The van der Waals surface area contributed by atoms with Gasteiger partial charge in [0.2, 0.25) is 10.0 Å². The van der Waals surface area contributed by atoms with E-state index in [1.165, 1.54) is 22.5 Å². The predicted molar refractivity (Wildman–Crippen MR) is 88.9 cm³/mol. The zero-order chi connectivity index (χ0) is 18.1. The summed E-state index contributed by atoms with van der Waals surface area (Å²) >= 11 is 0. The number of hydrogen-bond donors (Lipinski definition) is 0.